The summed E-state index contributed by atoms with van der Waals surface area (Å²) < 4.78 is 37.6. The lowest BCUT2D eigenvalue weighted by Gasteiger charge is -2.20. The summed E-state index contributed by atoms with van der Waals surface area (Å²) in [6.45, 7) is 6.50. The summed E-state index contributed by atoms with van der Waals surface area (Å²) in [4.78, 5) is 35.1. The fraction of sp³-hybridized carbons (Fsp3) is 0.471. The van der Waals surface area contributed by atoms with Crippen LogP contribution in [0.4, 0.5) is 4.79 Å². The van der Waals surface area contributed by atoms with Crippen molar-refractivity contribution in [3.05, 3.63) is 23.8 Å². The molecule has 0 aromatic heterocycles. The third-order valence-electron chi connectivity index (χ3n) is 3.42. The van der Waals surface area contributed by atoms with Crippen LogP contribution in [0.1, 0.15) is 38.1 Å². The topological polar surface area (TPSA) is 154 Å². The second kappa shape index (κ2) is 9.51. The Hall–Kier alpha value is -2.66. The molecule has 156 valence electrons. The molecule has 10 nitrogen and oxygen atoms in total. The molecule has 0 aliphatic heterocycles. The first-order chi connectivity index (χ1) is 12.9. The normalized spacial score (nSPS) is 12.5. The number of ether oxygens (including phenoxy) is 2. The van der Waals surface area contributed by atoms with Gasteiger partial charge in [0.15, 0.2) is 6.10 Å². The molecule has 3 amide bonds. The third kappa shape index (κ3) is 6.20. The van der Waals surface area contributed by atoms with Crippen LogP contribution in [0, 0.1) is 5.92 Å². The first-order valence-electron chi connectivity index (χ1n) is 8.40. The number of primary amides is 1. The minimum Gasteiger partial charge on any atom is -0.495 e. The average molecular weight is 415 g/mol. The molecule has 1 aromatic rings. The number of benzene rings is 1. The molecule has 0 bridgehead atoms. The zero-order valence-electron chi connectivity index (χ0n) is 16.3. The summed E-state index contributed by atoms with van der Waals surface area (Å²) in [7, 11) is -2.66. The van der Waals surface area contributed by atoms with Crippen LogP contribution in [0.25, 0.3) is 0 Å². The first-order valence-corrected chi connectivity index (χ1v) is 9.89. The van der Waals surface area contributed by atoms with Gasteiger partial charge >= 0.3 is 12.0 Å². The summed E-state index contributed by atoms with van der Waals surface area (Å²) >= 11 is 0. The molecule has 0 saturated heterocycles. The van der Waals surface area contributed by atoms with Gasteiger partial charge in [0.2, 0.25) is 10.0 Å². The van der Waals surface area contributed by atoms with E-state index in [0.29, 0.717) is 0 Å². The number of sulfonamides is 1. The number of rotatable bonds is 8. The standard InChI is InChI=1S/C17H25N3O7S/c1-9(2)14(15(21)19-17(18)23)27-16(22)11-6-7-12(26-5)13(8-11)28(24,25)20-10(3)4/h6-10,14,20H,1-5H3,(H3,18,19,21,23). The van der Waals surface area contributed by atoms with Crippen LogP contribution < -0.4 is 20.5 Å². The molecule has 1 rings (SSSR count). The first kappa shape index (κ1) is 23.4. The van der Waals surface area contributed by atoms with Gasteiger partial charge in [0.25, 0.3) is 5.91 Å². The van der Waals surface area contributed by atoms with Gasteiger partial charge in [0.05, 0.1) is 12.7 Å². The molecular weight excluding hydrogens is 390 g/mol. The number of urea groups is 1. The van der Waals surface area contributed by atoms with Crippen LogP contribution in [0.2, 0.25) is 0 Å². The zero-order valence-corrected chi connectivity index (χ0v) is 17.1. The van der Waals surface area contributed by atoms with E-state index in [-0.39, 0.29) is 22.3 Å². The van der Waals surface area contributed by atoms with Gasteiger partial charge in [-0.15, -0.1) is 0 Å². The number of hydrogen-bond donors (Lipinski definition) is 3. The molecule has 0 aliphatic rings. The molecule has 28 heavy (non-hydrogen) atoms. The Bertz CT molecular complexity index is 850. The summed E-state index contributed by atoms with van der Waals surface area (Å²) in [6.07, 6.45) is -1.30. The predicted octanol–water partition coefficient (Wildman–Crippen LogP) is 0.758. The molecule has 0 fully saturated rings. The van der Waals surface area contributed by atoms with Crippen LogP contribution in [0.15, 0.2) is 23.1 Å². The van der Waals surface area contributed by atoms with Crippen molar-refractivity contribution in [2.24, 2.45) is 11.7 Å². The van der Waals surface area contributed by atoms with Crippen molar-refractivity contribution < 1.29 is 32.3 Å². The number of carbonyl (C=O) groups excluding carboxylic acids is 3. The largest absolute Gasteiger partial charge is 0.495 e. The molecule has 1 aromatic carbocycles. The molecule has 0 heterocycles. The number of carbonyl (C=O) groups is 3. The SMILES string of the molecule is COc1ccc(C(=O)OC(C(=O)NC(N)=O)C(C)C)cc1S(=O)(=O)NC(C)C. The molecule has 0 radical (unpaired) electrons. The zero-order chi connectivity index (χ0) is 21.6. The van der Waals surface area contributed by atoms with E-state index < -0.39 is 40.0 Å². The minimum atomic E-state index is -3.96. The highest BCUT2D eigenvalue weighted by Crippen LogP contribution is 2.26. The Labute approximate surface area is 163 Å². The van der Waals surface area contributed by atoms with Crippen LogP contribution in [0.5, 0.6) is 5.75 Å². The molecular formula is C17H25N3O7S. The average Bonchev–Trinajstić information content (AvgIpc) is 2.56. The van der Waals surface area contributed by atoms with E-state index in [1.165, 1.54) is 19.2 Å². The maximum Gasteiger partial charge on any atom is 0.338 e. The fourth-order valence-electron chi connectivity index (χ4n) is 2.26. The number of hydrogen-bond acceptors (Lipinski definition) is 7. The number of imide groups is 1. The Morgan fingerprint density at radius 2 is 1.71 bits per heavy atom. The second-order valence-corrected chi connectivity index (χ2v) is 8.25. The molecule has 1 atom stereocenters. The highest BCUT2D eigenvalue weighted by Gasteiger charge is 2.29. The summed E-state index contributed by atoms with van der Waals surface area (Å²) in [5.41, 5.74) is 4.80. The van der Waals surface area contributed by atoms with E-state index in [2.05, 4.69) is 4.72 Å². The lowest BCUT2D eigenvalue weighted by molar-refractivity contribution is -0.130. The smallest absolute Gasteiger partial charge is 0.338 e. The third-order valence-corrected chi connectivity index (χ3v) is 5.10. The summed E-state index contributed by atoms with van der Waals surface area (Å²) in [5, 5.41) is 1.85. The lowest BCUT2D eigenvalue weighted by atomic mass is 10.1. The van der Waals surface area contributed by atoms with Crippen LogP contribution in [-0.2, 0) is 19.6 Å². The highest BCUT2D eigenvalue weighted by molar-refractivity contribution is 7.89. The van der Waals surface area contributed by atoms with Crippen molar-refractivity contribution in [1.82, 2.24) is 10.0 Å². The van der Waals surface area contributed by atoms with Crippen molar-refractivity contribution in [3.8, 4) is 5.75 Å². The van der Waals surface area contributed by atoms with E-state index in [1.807, 2.05) is 5.32 Å². The molecule has 0 aliphatic carbocycles. The van der Waals surface area contributed by atoms with Crippen molar-refractivity contribution in [2.75, 3.05) is 7.11 Å². The van der Waals surface area contributed by atoms with E-state index in [4.69, 9.17) is 15.2 Å². The van der Waals surface area contributed by atoms with E-state index >= 15 is 0 Å². The Morgan fingerprint density at radius 3 is 2.18 bits per heavy atom. The highest BCUT2D eigenvalue weighted by atomic mass is 32.2. The molecule has 4 N–H and O–H groups in total. The van der Waals surface area contributed by atoms with Gasteiger partial charge in [-0.25, -0.2) is 22.7 Å². The molecule has 11 heteroatoms. The lowest BCUT2D eigenvalue weighted by Crippen LogP contribution is -2.45. The Kier molecular flexibility index (Phi) is 7.94. The summed E-state index contributed by atoms with van der Waals surface area (Å²) in [5.74, 6) is -2.25. The number of methoxy groups -OCH3 is 1. The number of amides is 3. The van der Waals surface area contributed by atoms with Crippen molar-refractivity contribution in [2.45, 2.75) is 44.7 Å². The minimum absolute atomic E-state index is 0.0385. The molecule has 1 unspecified atom stereocenters. The van der Waals surface area contributed by atoms with E-state index in [1.54, 1.807) is 27.7 Å². The van der Waals surface area contributed by atoms with E-state index in [0.717, 1.165) is 6.07 Å². The van der Waals surface area contributed by atoms with Gasteiger partial charge in [0, 0.05) is 6.04 Å². The van der Waals surface area contributed by atoms with Crippen molar-refractivity contribution in [3.63, 3.8) is 0 Å². The van der Waals surface area contributed by atoms with Crippen LogP contribution in [-0.4, -0.2) is 45.6 Å². The van der Waals surface area contributed by atoms with E-state index in [9.17, 15) is 22.8 Å². The molecule has 0 saturated carbocycles. The van der Waals surface area contributed by atoms with Gasteiger partial charge < -0.3 is 15.2 Å². The van der Waals surface area contributed by atoms with Crippen molar-refractivity contribution in [1.29, 1.82) is 0 Å². The monoisotopic (exact) mass is 415 g/mol. The van der Waals surface area contributed by atoms with Crippen LogP contribution in [0.3, 0.4) is 0 Å². The number of esters is 1. The maximum atomic E-state index is 12.5. The van der Waals surface area contributed by atoms with Gasteiger partial charge in [-0.05, 0) is 38.0 Å². The number of nitrogens with two attached hydrogens (primary N) is 1. The van der Waals surface area contributed by atoms with Gasteiger partial charge in [-0.3, -0.25) is 10.1 Å². The predicted molar refractivity (Wildman–Crippen MR) is 100 cm³/mol. The van der Waals surface area contributed by atoms with Gasteiger partial charge in [-0.1, -0.05) is 13.8 Å². The number of nitrogens with one attached hydrogen (secondary N) is 2. The quantitative estimate of drug-likeness (QED) is 0.530. The molecule has 0 spiro atoms. The Balaban J connectivity index is 3.22. The summed E-state index contributed by atoms with van der Waals surface area (Å²) in [6, 6.07) is 2.24. The fourth-order valence-corrected chi connectivity index (χ4v) is 3.70. The second-order valence-electron chi connectivity index (χ2n) is 6.57. The van der Waals surface area contributed by atoms with Crippen molar-refractivity contribution >= 4 is 27.9 Å². The Morgan fingerprint density at radius 1 is 1.11 bits per heavy atom. The van der Waals surface area contributed by atoms with Gasteiger partial charge in [0.1, 0.15) is 10.6 Å². The maximum absolute atomic E-state index is 12.5. The van der Waals surface area contributed by atoms with Gasteiger partial charge in [-0.2, -0.15) is 0 Å². The van der Waals surface area contributed by atoms with Crippen LogP contribution >= 0.6 is 0 Å².